The van der Waals surface area contributed by atoms with Gasteiger partial charge in [-0.25, -0.2) is 8.42 Å². The maximum atomic E-state index is 10.4. The summed E-state index contributed by atoms with van der Waals surface area (Å²) in [5, 5.41) is 9.51. The van der Waals surface area contributed by atoms with Gasteiger partial charge >= 0.3 is 0 Å². The fraction of sp³-hybridized carbons (Fsp3) is 0.824. The Morgan fingerprint density at radius 1 is 0.600 bits per heavy atom. The Kier molecular flexibility index (Phi) is 25.1. The second-order valence-electron chi connectivity index (χ2n) is 12.1. The monoisotopic (exact) mass is 583 g/mol. The topological polar surface area (TPSA) is 77.4 Å². The third-order valence-electron chi connectivity index (χ3n) is 8.05. The van der Waals surface area contributed by atoms with Gasteiger partial charge in [-0.2, -0.15) is 0 Å². The number of aliphatic hydroxyl groups is 1. The van der Waals surface area contributed by atoms with Crippen molar-refractivity contribution in [2.24, 2.45) is 0 Å². The zero-order chi connectivity index (χ0) is 30.0. The molecule has 0 saturated carbocycles. The van der Waals surface area contributed by atoms with E-state index in [0.29, 0.717) is 6.61 Å². The van der Waals surface area contributed by atoms with Gasteiger partial charge in [0.1, 0.15) is 16.7 Å². The molecule has 0 saturated heterocycles. The molecule has 0 bridgehead atoms. The molecule has 0 heterocycles. The van der Waals surface area contributed by atoms with Crippen molar-refractivity contribution in [3.8, 4) is 0 Å². The smallest absolute Gasteiger partial charge is 0.124 e. The summed E-state index contributed by atoms with van der Waals surface area (Å²) >= 11 is 0. The van der Waals surface area contributed by atoms with Gasteiger partial charge in [-0.3, -0.25) is 0 Å². The number of hydrogen-bond donors (Lipinski definition) is 1. The molecule has 5 nitrogen and oxygen atoms in total. The Balaban J connectivity index is 0.00000114. The van der Waals surface area contributed by atoms with E-state index in [-0.39, 0.29) is 4.90 Å². The van der Waals surface area contributed by atoms with Crippen LogP contribution in [0.1, 0.15) is 148 Å². The van der Waals surface area contributed by atoms with E-state index >= 15 is 0 Å². The number of quaternary nitrogens is 1. The van der Waals surface area contributed by atoms with Crippen molar-refractivity contribution in [2.45, 2.75) is 154 Å². The van der Waals surface area contributed by atoms with E-state index < -0.39 is 10.1 Å². The minimum absolute atomic E-state index is 0.178. The zero-order valence-electron chi connectivity index (χ0n) is 26.8. The second kappa shape index (κ2) is 25.7. The Hall–Kier alpha value is -0.950. The fourth-order valence-corrected chi connectivity index (χ4v) is 5.71. The number of nitrogens with zero attached hydrogens (tertiary/aromatic N) is 1. The predicted octanol–water partition coefficient (Wildman–Crippen LogP) is 9.17. The number of aryl methyl sites for hydroxylation is 1. The average Bonchev–Trinajstić information content (AvgIpc) is 2.91. The average molecular weight is 584 g/mol. The molecule has 0 spiro atoms. The van der Waals surface area contributed by atoms with E-state index in [2.05, 4.69) is 20.9 Å². The van der Waals surface area contributed by atoms with Crippen LogP contribution in [0, 0.1) is 6.92 Å². The van der Waals surface area contributed by atoms with Crippen LogP contribution in [0.3, 0.4) is 0 Å². The van der Waals surface area contributed by atoms with Gasteiger partial charge in [0, 0.05) is 0 Å². The van der Waals surface area contributed by atoms with Crippen LogP contribution >= 0.6 is 0 Å². The minimum atomic E-state index is -4.27. The molecule has 0 aliphatic heterocycles. The zero-order valence-corrected chi connectivity index (χ0v) is 27.6. The van der Waals surface area contributed by atoms with Crippen molar-refractivity contribution in [1.29, 1.82) is 0 Å². The standard InChI is InChI=1S/C27H58NO.C7H8O3S/c1-4-6-8-10-12-14-16-18-20-22-24-28(3,26-27-29)25-23-21-19-17-15-13-11-9-7-5-2;1-6-2-4-7(5-3-6)11(8,9)10/h29H,4-27H2,1-3H3;2-5H,1H3,(H,8,9,10)/q+1;/p-1. The van der Waals surface area contributed by atoms with Gasteiger partial charge in [0.05, 0.1) is 31.6 Å². The van der Waals surface area contributed by atoms with Crippen LogP contribution in [0.4, 0.5) is 0 Å². The third kappa shape index (κ3) is 23.7. The lowest BCUT2D eigenvalue weighted by Crippen LogP contribution is -2.47. The maximum absolute atomic E-state index is 10.4. The Morgan fingerprint density at radius 2 is 0.925 bits per heavy atom. The minimum Gasteiger partial charge on any atom is -0.744 e. The SMILES string of the molecule is CCCCCCCCCCCC[N+](C)(CCO)CCCCCCCCCCCC.Cc1ccc(S(=O)(=O)[O-])cc1. The molecule has 1 N–H and O–H groups in total. The molecule has 236 valence electrons. The molecule has 1 aromatic rings. The summed E-state index contributed by atoms with van der Waals surface area (Å²) in [6.45, 7) is 10.2. The molecule has 0 fully saturated rings. The largest absolute Gasteiger partial charge is 0.744 e. The normalized spacial score (nSPS) is 11.8. The first kappa shape index (κ1) is 39.0. The van der Waals surface area contributed by atoms with Gasteiger partial charge in [-0.15, -0.1) is 0 Å². The molecular weight excluding hydrogens is 518 g/mol. The molecule has 0 unspecified atom stereocenters. The molecule has 0 radical (unpaired) electrons. The van der Waals surface area contributed by atoms with Gasteiger partial charge in [0.15, 0.2) is 0 Å². The van der Waals surface area contributed by atoms with Gasteiger partial charge in [-0.05, 0) is 44.7 Å². The second-order valence-corrected chi connectivity index (χ2v) is 13.5. The summed E-state index contributed by atoms with van der Waals surface area (Å²) in [6, 6.07) is 5.78. The van der Waals surface area contributed by atoms with Gasteiger partial charge < -0.3 is 14.1 Å². The first-order valence-electron chi connectivity index (χ1n) is 16.7. The van der Waals surface area contributed by atoms with E-state index in [1.807, 2.05) is 6.92 Å². The number of hydrogen-bond acceptors (Lipinski definition) is 4. The highest BCUT2D eigenvalue weighted by molar-refractivity contribution is 7.85. The van der Waals surface area contributed by atoms with Gasteiger partial charge in [-0.1, -0.05) is 134 Å². The fourth-order valence-electron chi connectivity index (χ4n) is 5.24. The van der Waals surface area contributed by atoms with Crippen LogP contribution < -0.4 is 0 Å². The molecule has 6 heteroatoms. The number of rotatable bonds is 25. The highest BCUT2D eigenvalue weighted by Gasteiger charge is 2.19. The van der Waals surface area contributed by atoms with Crippen LogP contribution in [0.15, 0.2) is 29.2 Å². The van der Waals surface area contributed by atoms with Crippen molar-refractivity contribution >= 4 is 10.1 Å². The number of benzene rings is 1. The summed E-state index contributed by atoms with van der Waals surface area (Å²) in [7, 11) is -1.90. The van der Waals surface area contributed by atoms with Crippen LogP contribution in [-0.4, -0.2) is 55.8 Å². The summed E-state index contributed by atoms with van der Waals surface area (Å²) in [4.78, 5) is -0.178. The molecule has 0 amide bonds. The summed E-state index contributed by atoms with van der Waals surface area (Å²) in [6.07, 6.45) is 28.2. The van der Waals surface area contributed by atoms with Crippen molar-refractivity contribution in [2.75, 3.05) is 33.3 Å². The Morgan fingerprint density at radius 3 is 1.23 bits per heavy atom. The number of unbranched alkanes of at least 4 members (excludes halogenated alkanes) is 18. The van der Waals surface area contributed by atoms with Crippen LogP contribution in [0.5, 0.6) is 0 Å². The summed E-state index contributed by atoms with van der Waals surface area (Å²) < 4.78 is 32.3. The number of likely N-dealkylation sites (N-methyl/N-ethyl adjacent to an activating group) is 1. The highest BCUT2D eigenvalue weighted by Crippen LogP contribution is 2.15. The summed E-state index contributed by atoms with van der Waals surface area (Å²) in [5.74, 6) is 0. The van der Waals surface area contributed by atoms with E-state index in [0.717, 1.165) is 16.6 Å². The quantitative estimate of drug-likeness (QED) is 0.0707. The first-order valence-corrected chi connectivity index (χ1v) is 18.1. The van der Waals surface area contributed by atoms with Crippen molar-refractivity contribution in [3.63, 3.8) is 0 Å². The lowest BCUT2D eigenvalue weighted by atomic mass is 10.1. The Bertz CT molecular complexity index is 756. The first-order chi connectivity index (χ1) is 19.2. The van der Waals surface area contributed by atoms with Crippen LogP contribution in [-0.2, 0) is 10.1 Å². The van der Waals surface area contributed by atoms with E-state index in [9.17, 15) is 18.1 Å². The molecule has 1 aromatic carbocycles. The van der Waals surface area contributed by atoms with E-state index in [1.54, 1.807) is 12.1 Å². The van der Waals surface area contributed by atoms with E-state index in [4.69, 9.17) is 0 Å². The molecule has 1 rings (SSSR count). The third-order valence-corrected chi connectivity index (χ3v) is 8.90. The predicted molar refractivity (Wildman–Crippen MR) is 171 cm³/mol. The molecule has 40 heavy (non-hydrogen) atoms. The van der Waals surface area contributed by atoms with Crippen molar-refractivity contribution in [1.82, 2.24) is 0 Å². The van der Waals surface area contributed by atoms with E-state index in [1.165, 1.54) is 154 Å². The Labute approximate surface area is 249 Å². The van der Waals surface area contributed by atoms with Crippen molar-refractivity contribution < 1.29 is 22.6 Å². The maximum Gasteiger partial charge on any atom is 0.124 e. The van der Waals surface area contributed by atoms with Crippen LogP contribution in [0.25, 0.3) is 0 Å². The lowest BCUT2D eigenvalue weighted by Gasteiger charge is -2.34. The van der Waals surface area contributed by atoms with Crippen LogP contribution in [0.2, 0.25) is 0 Å². The highest BCUT2D eigenvalue weighted by atomic mass is 32.2. The lowest BCUT2D eigenvalue weighted by molar-refractivity contribution is -0.910. The van der Waals surface area contributed by atoms with Crippen molar-refractivity contribution in [3.05, 3.63) is 29.8 Å². The number of aliphatic hydroxyl groups excluding tert-OH is 1. The van der Waals surface area contributed by atoms with Gasteiger partial charge in [0.2, 0.25) is 0 Å². The molecule has 0 atom stereocenters. The summed E-state index contributed by atoms with van der Waals surface area (Å²) in [5.41, 5.74) is 0.928. The van der Waals surface area contributed by atoms with Gasteiger partial charge in [0.25, 0.3) is 0 Å². The molecule has 0 aliphatic carbocycles. The molecular formula is C34H65NO4S. The molecule has 0 aromatic heterocycles. The molecule has 0 aliphatic rings.